The lowest BCUT2D eigenvalue weighted by Gasteiger charge is -2.09. The fourth-order valence-electron chi connectivity index (χ4n) is 1.99. The number of hydrogen-bond acceptors (Lipinski definition) is 1. The molecule has 1 aromatic rings. The Kier molecular flexibility index (Phi) is 4.72. The highest BCUT2D eigenvalue weighted by Crippen LogP contribution is 2.35. The minimum absolute atomic E-state index is 0.383. The predicted molar refractivity (Wildman–Crippen MR) is 74.2 cm³/mol. The van der Waals surface area contributed by atoms with Gasteiger partial charge in [0.15, 0.2) is 0 Å². The summed E-state index contributed by atoms with van der Waals surface area (Å²) in [5.74, 6) is 1.85. The maximum atomic E-state index is 6.09. The second-order valence-corrected chi connectivity index (χ2v) is 6.78. The highest BCUT2D eigenvalue weighted by molar-refractivity contribution is 7.99. The van der Waals surface area contributed by atoms with Crippen molar-refractivity contribution in [1.29, 1.82) is 0 Å². The van der Waals surface area contributed by atoms with E-state index in [0.717, 1.165) is 29.4 Å². The summed E-state index contributed by atoms with van der Waals surface area (Å²) in [6, 6.07) is 5.69. The van der Waals surface area contributed by atoms with Crippen LogP contribution in [0.3, 0.4) is 0 Å². The summed E-state index contributed by atoms with van der Waals surface area (Å²) in [5, 5.41) is 1.79. The molecule has 0 N–H and O–H groups in total. The normalized spacial score (nSPS) is 24.9. The lowest BCUT2D eigenvalue weighted by molar-refractivity contribution is 0.624. The van der Waals surface area contributed by atoms with E-state index in [1.54, 1.807) is 6.07 Å². The van der Waals surface area contributed by atoms with Gasteiger partial charge in [-0.3, -0.25) is 0 Å². The van der Waals surface area contributed by atoms with Gasteiger partial charge in [-0.15, -0.1) is 23.4 Å². The zero-order valence-electron chi connectivity index (χ0n) is 8.76. The largest absolute Gasteiger partial charge is 0.126 e. The average molecular weight is 296 g/mol. The van der Waals surface area contributed by atoms with Gasteiger partial charge in [-0.05, 0) is 43.4 Å². The van der Waals surface area contributed by atoms with Crippen molar-refractivity contribution in [2.75, 3.05) is 5.75 Å². The molecule has 4 heteroatoms. The fraction of sp³-hybridized carbons (Fsp3) is 0.500. The zero-order valence-corrected chi connectivity index (χ0v) is 11.8. The Balaban J connectivity index is 1.89. The summed E-state index contributed by atoms with van der Waals surface area (Å²) in [7, 11) is 0. The van der Waals surface area contributed by atoms with Gasteiger partial charge in [0.1, 0.15) is 0 Å². The molecule has 88 valence electrons. The van der Waals surface area contributed by atoms with E-state index in [0.29, 0.717) is 15.4 Å². The standard InChI is InChI=1S/C12H13Cl3S/c13-9-2-1-8(3-9)7-16-12-5-10(14)4-11(15)6-12/h4-6,8-9H,1-3,7H2/t8-,9?/m0/s1. The molecule has 1 saturated carbocycles. The Labute approximate surface area is 116 Å². The van der Waals surface area contributed by atoms with Gasteiger partial charge in [-0.2, -0.15) is 0 Å². The Bertz CT molecular complexity index is 347. The summed E-state index contributed by atoms with van der Waals surface area (Å²) < 4.78 is 0. The molecule has 0 heterocycles. The molecule has 0 saturated heterocycles. The van der Waals surface area contributed by atoms with Gasteiger partial charge in [0.05, 0.1) is 0 Å². The van der Waals surface area contributed by atoms with E-state index in [9.17, 15) is 0 Å². The van der Waals surface area contributed by atoms with Gasteiger partial charge >= 0.3 is 0 Å². The molecule has 0 amide bonds. The van der Waals surface area contributed by atoms with Crippen molar-refractivity contribution < 1.29 is 0 Å². The summed E-state index contributed by atoms with van der Waals surface area (Å²) >= 11 is 19.8. The van der Waals surface area contributed by atoms with Crippen molar-refractivity contribution in [3.63, 3.8) is 0 Å². The molecule has 16 heavy (non-hydrogen) atoms. The molecule has 2 rings (SSSR count). The van der Waals surface area contributed by atoms with Crippen LogP contribution in [0.4, 0.5) is 0 Å². The lowest BCUT2D eigenvalue weighted by atomic mass is 10.1. The van der Waals surface area contributed by atoms with Gasteiger partial charge in [-0.25, -0.2) is 0 Å². The highest BCUT2D eigenvalue weighted by Gasteiger charge is 2.22. The van der Waals surface area contributed by atoms with Crippen molar-refractivity contribution in [3.8, 4) is 0 Å². The Morgan fingerprint density at radius 1 is 1.12 bits per heavy atom. The Morgan fingerprint density at radius 3 is 2.38 bits per heavy atom. The Morgan fingerprint density at radius 2 is 1.81 bits per heavy atom. The minimum atomic E-state index is 0.383. The smallest absolute Gasteiger partial charge is 0.0431 e. The summed E-state index contributed by atoms with van der Waals surface area (Å²) in [6.07, 6.45) is 3.54. The molecule has 0 spiro atoms. The zero-order chi connectivity index (χ0) is 11.5. The van der Waals surface area contributed by atoms with Crippen molar-refractivity contribution in [1.82, 2.24) is 0 Å². The fourth-order valence-corrected chi connectivity index (χ4v) is 4.18. The van der Waals surface area contributed by atoms with E-state index >= 15 is 0 Å². The first-order valence-electron chi connectivity index (χ1n) is 5.36. The van der Waals surface area contributed by atoms with Crippen LogP contribution in [0.25, 0.3) is 0 Å². The van der Waals surface area contributed by atoms with Crippen molar-refractivity contribution in [2.24, 2.45) is 5.92 Å². The van der Waals surface area contributed by atoms with Crippen LogP contribution in [0.2, 0.25) is 10.0 Å². The number of benzene rings is 1. The van der Waals surface area contributed by atoms with Crippen LogP contribution in [0.1, 0.15) is 19.3 Å². The molecule has 0 nitrogen and oxygen atoms in total. The topological polar surface area (TPSA) is 0 Å². The van der Waals surface area contributed by atoms with Gasteiger partial charge in [0, 0.05) is 26.1 Å². The quantitative estimate of drug-likeness (QED) is 0.524. The predicted octanol–water partition coefficient (Wildman–Crippen LogP) is 5.49. The van der Waals surface area contributed by atoms with Crippen LogP contribution >= 0.6 is 46.6 Å². The number of thioether (sulfide) groups is 1. The molecule has 0 aliphatic heterocycles. The first-order chi connectivity index (χ1) is 7.63. The van der Waals surface area contributed by atoms with Crippen LogP contribution in [0.5, 0.6) is 0 Å². The minimum Gasteiger partial charge on any atom is -0.126 e. The Hall–Kier alpha value is 0.440. The van der Waals surface area contributed by atoms with Gasteiger partial charge in [0.25, 0.3) is 0 Å². The summed E-state index contributed by atoms with van der Waals surface area (Å²) in [6.45, 7) is 0. The van der Waals surface area contributed by atoms with E-state index in [1.165, 1.54) is 6.42 Å². The van der Waals surface area contributed by atoms with Gasteiger partial charge < -0.3 is 0 Å². The van der Waals surface area contributed by atoms with E-state index in [-0.39, 0.29) is 0 Å². The molecule has 2 atom stereocenters. The second-order valence-electron chi connectivity index (χ2n) is 4.19. The summed E-state index contributed by atoms with van der Waals surface area (Å²) in [5.41, 5.74) is 0. The maximum absolute atomic E-state index is 6.09. The van der Waals surface area contributed by atoms with E-state index in [4.69, 9.17) is 34.8 Å². The number of rotatable bonds is 3. The van der Waals surface area contributed by atoms with Crippen LogP contribution in [0.15, 0.2) is 23.1 Å². The van der Waals surface area contributed by atoms with Crippen molar-refractivity contribution >= 4 is 46.6 Å². The molecule has 1 aliphatic carbocycles. The molecule has 1 fully saturated rings. The SMILES string of the molecule is Clc1cc(Cl)cc(SC[C@H]2CCC(Cl)C2)c1. The number of alkyl halides is 1. The first kappa shape index (κ1) is 12.9. The van der Waals surface area contributed by atoms with Crippen molar-refractivity contribution in [3.05, 3.63) is 28.2 Å². The average Bonchev–Trinajstić information content (AvgIpc) is 2.60. The third-order valence-electron chi connectivity index (χ3n) is 2.80. The summed E-state index contributed by atoms with van der Waals surface area (Å²) in [4.78, 5) is 1.15. The molecule has 1 aromatic carbocycles. The molecule has 0 radical (unpaired) electrons. The number of halogens is 3. The van der Waals surface area contributed by atoms with Crippen molar-refractivity contribution in [2.45, 2.75) is 29.5 Å². The molecule has 1 unspecified atom stereocenters. The van der Waals surface area contributed by atoms with Crippen LogP contribution < -0.4 is 0 Å². The molecule has 0 bridgehead atoms. The second kappa shape index (κ2) is 5.86. The van der Waals surface area contributed by atoms with E-state index in [1.807, 2.05) is 23.9 Å². The molecule has 0 aromatic heterocycles. The lowest BCUT2D eigenvalue weighted by Crippen LogP contribution is -1.98. The molecular weight excluding hydrogens is 283 g/mol. The first-order valence-corrected chi connectivity index (χ1v) is 7.54. The number of hydrogen-bond donors (Lipinski definition) is 0. The van der Waals surface area contributed by atoms with Crippen LogP contribution in [0, 0.1) is 5.92 Å². The highest BCUT2D eigenvalue weighted by atomic mass is 35.5. The maximum Gasteiger partial charge on any atom is 0.0431 e. The third-order valence-corrected chi connectivity index (χ3v) is 4.84. The molecular formula is C12H13Cl3S. The van der Waals surface area contributed by atoms with Crippen LogP contribution in [-0.2, 0) is 0 Å². The molecule has 1 aliphatic rings. The van der Waals surface area contributed by atoms with Gasteiger partial charge in [-0.1, -0.05) is 23.2 Å². The van der Waals surface area contributed by atoms with Crippen LogP contribution in [-0.4, -0.2) is 11.1 Å². The third kappa shape index (κ3) is 3.73. The monoisotopic (exact) mass is 294 g/mol. The van der Waals surface area contributed by atoms with Gasteiger partial charge in [0.2, 0.25) is 0 Å². The van der Waals surface area contributed by atoms with E-state index in [2.05, 4.69) is 0 Å². The van der Waals surface area contributed by atoms with E-state index < -0.39 is 0 Å².